The molecule has 2 fully saturated rings. The summed E-state index contributed by atoms with van der Waals surface area (Å²) in [5.41, 5.74) is 0.532. The largest absolute Gasteiger partial charge is 0.393 e. The number of hydrogen-bond acceptors (Lipinski definition) is 1. The van der Waals surface area contributed by atoms with E-state index in [-0.39, 0.29) is 6.10 Å². The second-order valence-electron chi connectivity index (χ2n) is 4.69. The summed E-state index contributed by atoms with van der Waals surface area (Å²) >= 11 is 0. The highest BCUT2D eigenvalue weighted by Crippen LogP contribution is 2.55. The highest BCUT2D eigenvalue weighted by Gasteiger charge is 2.49. The molecule has 3 atom stereocenters. The van der Waals surface area contributed by atoms with Gasteiger partial charge in [0.15, 0.2) is 0 Å². The van der Waals surface area contributed by atoms with Crippen LogP contribution in [0.25, 0.3) is 0 Å². The van der Waals surface area contributed by atoms with E-state index in [0.29, 0.717) is 11.3 Å². The zero-order valence-electron chi connectivity index (χ0n) is 6.80. The van der Waals surface area contributed by atoms with Gasteiger partial charge in [0.25, 0.3) is 0 Å². The van der Waals surface area contributed by atoms with Crippen molar-refractivity contribution in [2.45, 2.75) is 39.2 Å². The molecular weight excluding hydrogens is 124 g/mol. The van der Waals surface area contributed by atoms with Crippen LogP contribution in [0.5, 0.6) is 0 Å². The number of aliphatic hydroxyl groups is 1. The lowest BCUT2D eigenvalue weighted by molar-refractivity contribution is 0.0685. The van der Waals surface area contributed by atoms with Crippen LogP contribution in [0.4, 0.5) is 0 Å². The summed E-state index contributed by atoms with van der Waals surface area (Å²) in [5.74, 6) is 1.45. The van der Waals surface area contributed by atoms with Gasteiger partial charge in [0.05, 0.1) is 6.10 Å². The van der Waals surface area contributed by atoms with Crippen molar-refractivity contribution in [2.24, 2.45) is 17.3 Å². The molecule has 0 aromatic rings. The van der Waals surface area contributed by atoms with Gasteiger partial charge in [0, 0.05) is 0 Å². The Morgan fingerprint density at radius 2 is 2.00 bits per heavy atom. The summed E-state index contributed by atoms with van der Waals surface area (Å²) in [6, 6.07) is 0. The minimum atomic E-state index is 0.0398. The molecule has 0 aliphatic heterocycles. The lowest BCUT2D eigenvalue weighted by Gasteiger charge is -2.31. The summed E-state index contributed by atoms with van der Waals surface area (Å²) in [7, 11) is 0. The van der Waals surface area contributed by atoms with Gasteiger partial charge in [-0.05, 0) is 36.5 Å². The molecule has 0 radical (unpaired) electrons. The van der Waals surface area contributed by atoms with Gasteiger partial charge in [-0.25, -0.2) is 0 Å². The first-order valence-electron chi connectivity index (χ1n) is 4.28. The highest BCUT2D eigenvalue weighted by atomic mass is 16.3. The molecule has 0 amide bonds. The van der Waals surface area contributed by atoms with Crippen molar-refractivity contribution in [1.82, 2.24) is 0 Å². The maximum atomic E-state index is 9.45. The van der Waals surface area contributed by atoms with Crippen molar-refractivity contribution in [2.75, 3.05) is 0 Å². The zero-order chi connectivity index (χ0) is 7.35. The van der Waals surface area contributed by atoms with Gasteiger partial charge < -0.3 is 5.11 Å². The minimum absolute atomic E-state index is 0.0398. The molecule has 0 unspecified atom stereocenters. The number of hydrogen-bond donors (Lipinski definition) is 1. The second kappa shape index (κ2) is 1.76. The van der Waals surface area contributed by atoms with E-state index in [1.165, 1.54) is 12.8 Å². The summed E-state index contributed by atoms with van der Waals surface area (Å²) in [5, 5.41) is 9.45. The highest BCUT2D eigenvalue weighted by molar-refractivity contribution is 4.99. The van der Waals surface area contributed by atoms with Crippen molar-refractivity contribution < 1.29 is 5.11 Å². The van der Waals surface area contributed by atoms with Gasteiger partial charge in [-0.3, -0.25) is 0 Å². The monoisotopic (exact) mass is 140 g/mol. The fourth-order valence-electron chi connectivity index (χ4n) is 2.80. The summed E-state index contributed by atoms with van der Waals surface area (Å²) in [6.07, 6.45) is 3.64. The molecule has 2 saturated carbocycles. The molecule has 0 spiro atoms. The van der Waals surface area contributed by atoms with E-state index in [1.54, 1.807) is 0 Å². The summed E-state index contributed by atoms with van der Waals surface area (Å²) in [6.45, 7) is 4.67. The fourth-order valence-corrected chi connectivity index (χ4v) is 2.80. The third-order valence-corrected chi connectivity index (χ3v) is 3.55. The predicted octanol–water partition coefficient (Wildman–Crippen LogP) is 1.80. The maximum Gasteiger partial charge on any atom is 0.0571 e. The Morgan fingerprint density at radius 3 is 2.30 bits per heavy atom. The van der Waals surface area contributed by atoms with Crippen molar-refractivity contribution in [1.29, 1.82) is 0 Å². The Balaban J connectivity index is 2.16. The molecule has 2 aliphatic rings. The molecule has 2 rings (SSSR count). The molecule has 58 valence electrons. The average Bonchev–Trinajstić information content (AvgIpc) is 2.21. The molecule has 0 saturated heterocycles. The second-order valence-corrected chi connectivity index (χ2v) is 4.69. The van der Waals surface area contributed by atoms with E-state index in [9.17, 15) is 5.11 Å². The van der Waals surface area contributed by atoms with Gasteiger partial charge in [0.2, 0.25) is 0 Å². The van der Waals surface area contributed by atoms with E-state index in [1.807, 2.05) is 0 Å². The average molecular weight is 140 g/mol. The normalized spacial score (nSPS) is 50.1. The Morgan fingerprint density at radius 1 is 1.30 bits per heavy atom. The molecule has 10 heavy (non-hydrogen) atoms. The topological polar surface area (TPSA) is 20.2 Å². The van der Waals surface area contributed by atoms with Crippen LogP contribution in [0, 0.1) is 17.3 Å². The Hall–Kier alpha value is -0.0400. The molecule has 1 heteroatoms. The van der Waals surface area contributed by atoms with Crippen LogP contribution in [0.1, 0.15) is 33.1 Å². The van der Waals surface area contributed by atoms with E-state index in [4.69, 9.17) is 0 Å². The van der Waals surface area contributed by atoms with Crippen LogP contribution in [-0.2, 0) is 0 Å². The van der Waals surface area contributed by atoms with E-state index < -0.39 is 0 Å². The van der Waals surface area contributed by atoms with Gasteiger partial charge in [-0.2, -0.15) is 0 Å². The SMILES string of the molecule is CC1(C)C[C@H]2C[C@H]1C[C@H]2O. The van der Waals surface area contributed by atoms with Gasteiger partial charge in [-0.1, -0.05) is 13.8 Å². The molecule has 0 aromatic heterocycles. The molecule has 1 N–H and O–H groups in total. The van der Waals surface area contributed by atoms with Crippen LogP contribution in [0.15, 0.2) is 0 Å². The molecule has 2 bridgehead atoms. The van der Waals surface area contributed by atoms with Crippen LogP contribution >= 0.6 is 0 Å². The summed E-state index contributed by atoms with van der Waals surface area (Å²) < 4.78 is 0. The first-order chi connectivity index (χ1) is 4.59. The molecular formula is C9H16O. The van der Waals surface area contributed by atoms with Crippen molar-refractivity contribution >= 4 is 0 Å². The number of aliphatic hydroxyl groups excluding tert-OH is 1. The van der Waals surface area contributed by atoms with Crippen LogP contribution in [0.3, 0.4) is 0 Å². The van der Waals surface area contributed by atoms with Gasteiger partial charge >= 0.3 is 0 Å². The smallest absolute Gasteiger partial charge is 0.0571 e. The molecule has 0 heterocycles. The number of fused-ring (bicyclic) bond motifs is 2. The van der Waals surface area contributed by atoms with Gasteiger partial charge in [-0.15, -0.1) is 0 Å². The Bertz CT molecular complexity index is 149. The Kier molecular flexibility index (Phi) is 1.17. The van der Waals surface area contributed by atoms with Crippen LogP contribution < -0.4 is 0 Å². The van der Waals surface area contributed by atoms with E-state index in [2.05, 4.69) is 13.8 Å². The van der Waals surface area contributed by atoms with Crippen molar-refractivity contribution in [3.63, 3.8) is 0 Å². The fraction of sp³-hybridized carbons (Fsp3) is 1.00. The standard InChI is InChI=1S/C9H16O/c1-9(2)5-6-3-7(9)4-8(6)10/h6-8,10H,3-5H2,1-2H3/t6-,7+,8-/m1/s1. The zero-order valence-corrected chi connectivity index (χ0v) is 6.80. The maximum absolute atomic E-state index is 9.45. The predicted molar refractivity (Wildman–Crippen MR) is 40.6 cm³/mol. The Labute approximate surface area is 62.4 Å². The first-order valence-corrected chi connectivity index (χ1v) is 4.28. The van der Waals surface area contributed by atoms with E-state index >= 15 is 0 Å². The third-order valence-electron chi connectivity index (χ3n) is 3.55. The molecule has 2 aliphatic carbocycles. The molecule has 1 nitrogen and oxygen atoms in total. The quantitative estimate of drug-likeness (QED) is 0.544. The van der Waals surface area contributed by atoms with Crippen molar-refractivity contribution in [3.05, 3.63) is 0 Å². The minimum Gasteiger partial charge on any atom is -0.393 e. The molecule has 0 aromatic carbocycles. The lowest BCUT2D eigenvalue weighted by Crippen LogP contribution is -2.27. The summed E-state index contributed by atoms with van der Waals surface area (Å²) in [4.78, 5) is 0. The first kappa shape index (κ1) is 6.66. The lowest BCUT2D eigenvalue weighted by atomic mass is 9.76. The van der Waals surface area contributed by atoms with Gasteiger partial charge in [0.1, 0.15) is 0 Å². The number of rotatable bonds is 0. The van der Waals surface area contributed by atoms with Crippen LogP contribution in [-0.4, -0.2) is 11.2 Å². The third kappa shape index (κ3) is 0.731. The van der Waals surface area contributed by atoms with Crippen molar-refractivity contribution in [3.8, 4) is 0 Å². The van der Waals surface area contributed by atoms with E-state index in [0.717, 1.165) is 12.3 Å². The van der Waals surface area contributed by atoms with Crippen LogP contribution in [0.2, 0.25) is 0 Å².